The second-order valence-electron chi connectivity index (χ2n) is 6.08. The number of ether oxygens (including phenoxy) is 1. The molecule has 8 heteroatoms. The number of nitro benzene ring substituents is 1. The number of thiazole rings is 1. The molecule has 1 heterocycles. The van der Waals surface area contributed by atoms with Crippen LogP contribution in [-0.2, 0) is 6.42 Å². The first-order chi connectivity index (χ1) is 13.5. The van der Waals surface area contributed by atoms with Crippen LogP contribution in [-0.4, -0.2) is 22.9 Å². The van der Waals surface area contributed by atoms with Gasteiger partial charge in [-0.3, -0.25) is 20.2 Å². The molecule has 0 bridgehead atoms. The van der Waals surface area contributed by atoms with E-state index in [9.17, 15) is 14.9 Å². The minimum atomic E-state index is -0.584. The second-order valence-corrected chi connectivity index (χ2v) is 6.94. The van der Waals surface area contributed by atoms with Gasteiger partial charge in [0.2, 0.25) is 0 Å². The number of amides is 1. The Balaban J connectivity index is 1.75. The Hall–Kier alpha value is -3.26. The number of anilines is 1. The first-order valence-corrected chi connectivity index (χ1v) is 9.58. The number of carbonyl (C=O) groups is 1. The maximum atomic E-state index is 12.4. The lowest BCUT2D eigenvalue weighted by Crippen LogP contribution is -2.12. The molecule has 1 amide bonds. The van der Waals surface area contributed by atoms with Gasteiger partial charge in [-0.15, -0.1) is 11.3 Å². The molecule has 0 saturated carbocycles. The lowest BCUT2D eigenvalue weighted by atomic mass is 10.1. The Morgan fingerprint density at radius 2 is 2.00 bits per heavy atom. The zero-order valence-electron chi connectivity index (χ0n) is 15.5. The van der Waals surface area contributed by atoms with Crippen LogP contribution in [0.25, 0.3) is 11.3 Å². The van der Waals surface area contributed by atoms with Gasteiger partial charge in [-0.05, 0) is 24.1 Å². The molecule has 144 valence electrons. The van der Waals surface area contributed by atoms with Crippen LogP contribution < -0.4 is 10.1 Å². The highest BCUT2D eigenvalue weighted by molar-refractivity contribution is 7.14. The number of hydrogen-bond acceptors (Lipinski definition) is 6. The van der Waals surface area contributed by atoms with Crippen molar-refractivity contribution in [2.45, 2.75) is 19.8 Å². The van der Waals surface area contributed by atoms with Crippen LogP contribution >= 0.6 is 11.3 Å². The first kappa shape index (κ1) is 19.5. The van der Waals surface area contributed by atoms with Crippen LogP contribution in [0.1, 0.15) is 29.3 Å². The van der Waals surface area contributed by atoms with Crippen molar-refractivity contribution in [2.75, 3.05) is 12.4 Å². The smallest absolute Gasteiger partial charge is 0.311 e. The fraction of sp³-hybridized carbons (Fsp3) is 0.200. The third-order valence-electron chi connectivity index (χ3n) is 4.15. The molecule has 3 rings (SSSR count). The van der Waals surface area contributed by atoms with Crippen LogP contribution in [0.2, 0.25) is 0 Å². The molecule has 0 unspecified atom stereocenters. The van der Waals surface area contributed by atoms with Gasteiger partial charge in [-0.1, -0.05) is 37.6 Å². The second kappa shape index (κ2) is 8.62. The molecule has 0 saturated heterocycles. The van der Waals surface area contributed by atoms with E-state index >= 15 is 0 Å². The van der Waals surface area contributed by atoms with Crippen molar-refractivity contribution in [1.82, 2.24) is 4.98 Å². The molecule has 3 aromatic rings. The fourth-order valence-electron chi connectivity index (χ4n) is 2.74. The largest absolute Gasteiger partial charge is 0.490 e. The highest BCUT2D eigenvalue weighted by atomic mass is 32.1. The quantitative estimate of drug-likeness (QED) is 0.450. The van der Waals surface area contributed by atoms with Gasteiger partial charge in [0.05, 0.1) is 17.7 Å². The highest BCUT2D eigenvalue weighted by Crippen LogP contribution is 2.29. The van der Waals surface area contributed by atoms with Gasteiger partial charge in [0.15, 0.2) is 10.9 Å². The predicted octanol–water partition coefficient (Wildman–Crippen LogP) is 4.93. The molecule has 0 radical (unpaired) electrons. The lowest BCUT2D eigenvalue weighted by molar-refractivity contribution is -0.385. The molecule has 28 heavy (non-hydrogen) atoms. The normalized spacial score (nSPS) is 10.5. The van der Waals surface area contributed by atoms with E-state index in [-0.39, 0.29) is 17.0 Å². The Labute approximate surface area is 166 Å². The van der Waals surface area contributed by atoms with Crippen LogP contribution in [0.4, 0.5) is 10.8 Å². The number of benzene rings is 2. The zero-order chi connectivity index (χ0) is 20.1. The van der Waals surface area contributed by atoms with Crippen LogP contribution in [0.15, 0.2) is 47.8 Å². The topological polar surface area (TPSA) is 94.4 Å². The van der Waals surface area contributed by atoms with Gasteiger partial charge in [0.25, 0.3) is 5.91 Å². The standard InChI is InChI=1S/C20H19N3O4S/c1-3-4-13-5-7-14(8-6-13)16-12-28-20(21-16)22-19(24)15-9-10-18(27-2)17(11-15)23(25)26/h5-12H,3-4H2,1-2H3,(H,21,22,24). The highest BCUT2D eigenvalue weighted by Gasteiger charge is 2.19. The van der Waals surface area contributed by atoms with Gasteiger partial charge in [0.1, 0.15) is 0 Å². The Morgan fingerprint density at radius 1 is 1.25 bits per heavy atom. The Morgan fingerprint density at radius 3 is 2.64 bits per heavy atom. The van der Waals surface area contributed by atoms with Crippen molar-refractivity contribution in [2.24, 2.45) is 0 Å². The lowest BCUT2D eigenvalue weighted by Gasteiger charge is -2.05. The van der Waals surface area contributed by atoms with E-state index in [1.807, 2.05) is 17.5 Å². The molecule has 1 aromatic heterocycles. The molecule has 2 aromatic carbocycles. The van der Waals surface area contributed by atoms with E-state index in [2.05, 4.69) is 29.4 Å². The summed E-state index contributed by atoms with van der Waals surface area (Å²) in [7, 11) is 1.34. The minimum Gasteiger partial charge on any atom is -0.490 e. The zero-order valence-corrected chi connectivity index (χ0v) is 16.3. The number of carbonyl (C=O) groups excluding carboxylic acids is 1. The predicted molar refractivity (Wildman–Crippen MR) is 109 cm³/mol. The summed E-state index contributed by atoms with van der Waals surface area (Å²) in [5.41, 5.74) is 2.91. The van der Waals surface area contributed by atoms with E-state index in [1.54, 1.807) is 0 Å². The number of nitro groups is 1. The molecule has 0 atom stereocenters. The molecular formula is C20H19N3O4S. The van der Waals surface area contributed by atoms with Gasteiger partial charge in [-0.25, -0.2) is 4.98 Å². The van der Waals surface area contributed by atoms with Crippen molar-refractivity contribution in [3.63, 3.8) is 0 Å². The average molecular weight is 397 g/mol. The number of aryl methyl sites for hydroxylation is 1. The number of nitrogens with one attached hydrogen (secondary N) is 1. The molecule has 0 aliphatic rings. The molecular weight excluding hydrogens is 378 g/mol. The molecule has 0 aliphatic carbocycles. The summed E-state index contributed by atoms with van der Waals surface area (Å²) in [6.07, 6.45) is 2.13. The number of rotatable bonds is 7. The van der Waals surface area contributed by atoms with Gasteiger partial charge in [0, 0.05) is 22.6 Å². The van der Waals surface area contributed by atoms with Crippen molar-refractivity contribution in [1.29, 1.82) is 0 Å². The van der Waals surface area contributed by atoms with Crippen molar-refractivity contribution >= 4 is 28.1 Å². The van der Waals surface area contributed by atoms with Crippen LogP contribution in [0, 0.1) is 10.1 Å². The first-order valence-electron chi connectivity index (χ1n) is 8.70. The van der Waals surface area contributed by atoms with Crippen molar-refractivity contribution in [3.05, 3.63) is 69.1 Å². The van der Waals surface area contributed by atoms with Crippen LogP contribution in [0.3, 0.4) is 0 Å². The number of nitrogens with zero attached hydrogens (tertiary/aromatic N) is 2. The summed E-state index contributed by atoms with van der Waals surface area (Å²) in [5, 5.41) is 16.1. The summed E-state index contributed by atoms with van der Waals surface area (Å²) in [5.74, 6) is -0.366. The third-order valence-corrected chi connectivity index (χ3v) is 4.91. The fourth-order valence-corrected chi connectivity index (χ4v) is 3.45. The number of methoxy groups -OCH3 is 1. The van der Waals surface area contributed by atoms with Gasteiger partial charge in [-0.2, -0.15) is 0 Å². The summed E-state index contributed by atoms with van der Waals surface area (Å²) in [4.78, 5) is 27.4. The van der Waals surface area contributed by atoms with Crippen LogP contribution in [0.5, 0.6) is 5.75 Å². The maximum Gasteiger partial charge on any atom is 0.311 e. The molecule has 0 aliphatic heterocycles. The summed E-state index contributed by atoms with van der Waals surface area (Å²) >= 11 is 1.30. The third kappa shape index (κ3) is 4.34. The van der Waals surface area contributed by atoms with E-state index in [4.69, 9.17) is 4.74 Å². The summed E-state index contributed by atoms with van der Waals surface area (Å²) < 4.78 is 4.95. The number of hydrogen-bond donors (Lipinski definition) is 1. The Kier molecular flexibility index (Phi) is 6.00. The SMILES string of the molecule is CCCc1ccc(-c2csc(NC(=O)c3ccc(OC)c([N+](=O)[O-])c3)n2)cc1. The van der Waals surface area contributed by atoms with Gasteiger partial charge < -0.3 is 4.74 Å². The molecule has 1 N–H and O–H groups in total. The summed E-state index contributed by atoms with van der Waals surface area (Å²) in [6.45, 7) is 2.14. The van der Waals surface area contributed by atoms with E-state index in [1.165, 1.54) is 42.2 Å². The average Bonchev–Trinajstić information content (AvgIpc) is 3.16. The van der Waals surface area contributed by atoms with Gasteiger partial charge >= 0.3 is 5.69 Å². The van der Waals surface area contributed by atoms with E-state index in [0.717, 1.165) is 24.1 Å². The summed E-state index contributed by atoms with van der Waals surface area (Å²) in [6, 6.07) is 12.2. The Bertz CT molecular complexity index is 999. The molecule has 7 nitrogen and oxygen atoms in total. The van der Waals surface area contributed by atoms with E-state index in [0.29, 0.717) is 5.13 Å². The number of aromatic nitrogens is 1. The van der Waals surface area contributed by atoms with Crippen molar-refractivity contribution in [3.8, 4) is 17.0 Å². The maximum absolute atomic E-state index is 12.4. The van der Waals surface area contributed by atoms with E-state index < -0.39 is 10.8 Å². The minimum absolute atomic E-state index is 0.101. The molecule has 0 fully saturated rings. The monoisotopic (exact) mass is 397 g/mol. The molecule has 0 spiro atoms. The van der Waals surface area contributed by atoms with Crippen molar-refractivity contribution < 1.29 is 14.5 Å².